The van der Waals surface area contributed by atoms with E-state index in [4.69, 9.17) is 21.1 Å². The van der Waals surface area contributed by atoms with Crippen LogP contribution in [0.25, 0.3) is 0 Å². The number of amides is 1. The molecule has 1 amide bonds. The summed E-state index contributed by atoms with van der Waals surface area (Å²) in [5.74, 6) is 0.815. The van der Waals surface area contributed by atoms with Crippen LogP contribution in [0.4, 0.5) is 0 Å². The number of hydrogen-bond acceptors (Lipinski definition) is 5. The number of carbonyl (C=O) groups excluding carboxylic acids is 1. The molecule has 0 aromatic heterocycles. The van der Waals surface area contributed by atoms with Crippen molar-refractivity contribution >= 4 is 17.5 Å². The van der Waals surface area contributed by atoms with E-state index >= 15 is 0 Å². The average Bonchev–Trinajstić information content (AvgIpc) is 2.60. The number of β-amino-alcohol motifs (C(OH)–C–C–N with tert-alkyl or cyclic N) is 1. The maximum absolute atomic E-state index is 11.9. The Morgan fingerprint density at radius 3 is 2.54 bits per heavy atom. The Morgan fingerprint density at radius 2 is 1.92 bits per heavy atom. The van der Waals surface area contributed by atoms with Gasteiger partial charge in [0.15, 0.2) is 0 Å². The first-order valence-corrected chi connectivity index (χ1v) is 8.52. The molecule has 0 aliphatic carbocycles. The van der Waals surface area contributed by atoms with E-state index in [1.165, 1.54) is 0 Å². The van der Waals surface area contributed by atoms with Crippen LogP contribution in [0.2, 0.25) is 5.02 Å². The van der Waals surface area contributed by atoms with Gasteiger partial charge in [-0.15, -0.1) is 0 Å². The first kappa shape index (κ1) is 19.0. The zero-order valence-electron chi connectivity index (χ0n) is 14.0. The van der Waals surface area contributed by atoms with Crippen LogP contribution in [0.5, 0.6) is 5.75 Å². The van der Waals surface area contributed by atoms with Crippen LogP contribution in [0.3, 0.4) is 0 Å². The van der Waals surface area contributed by atoms with Crippen molar-refractivity contribution in [3.05, 3.63) is 29.3 Å². The maximum Gasteiger partial charge on any atom is 0.224 e. The quantitative estimate of drug-likeness (QED) is 0.759. The Bertz CT molecular complexity index is 504. The molecule has 134 valence electrons. The second-order valence-electron chi connectivity index (χ2n) is 5.84. The van der Waals surface area contributed by atoms with Gasteiger partial charge in [-0.2, -0.15) is 0 Å². The van der Waals surface area contributed by atoms with Crippen LogP contribution >= 0.6 is 11.6 Å². The molecule has 1 aromatic carbocycles. The molecule has 6 nitrogen and oxygen atoms in total. The Hall–Kier alpha value is -1.34. The third-order valence-corrected chi connectivity index (χ3v) is 4.22. The first-order chi connectivity index (χ1) is 11.6. The lowest BCUT2D eigenvalue weighted by Gasteiger charge is -2.35. The summed E-state index contributed by atoms with van der Waals surface area (Å²) in [6.07, 6.45) is -0.148. The number of nitrogens with zero attached hydrogens (tertiary/aromatic N) is 2. The Labute approximate surface area is 147 Å². The highest BCUT2D eigenvalue weighted by atomic mass is 35.5. The number of rotatable bonds is 8. The summed E-state index contributed by atoms with van der Waals surface area (Å²) in [5.41, 5.74) is 0. The molecule has 2 rings (SSSR count). The van der Waals surface area contributed by atoms with Crippen molar-refractivity contribution in [2.45, 2.75) is 12.5 Å². The number of piperazine rings is 1. The summed E-state index contributed by atoms with van der Waals surface area (Å²) in [4.78, 5) is 15.9. The van der Waals surface area contributed by atoms with Gasteiger partial charge in [-0.25, -0.2) is 0 Å². The summed E-state index contributed by atoms with van der Waals surface area (Å²) in [7, 11) is 1.60. The van der Waals surface area contributed by atoms with Crippen LogP contribution in [0.15, 0.2) is 24.3 Å². The molecule has 1 aromatic rings. The zero-order chi connectivity index (χ0) is 17.4. The van der Waals surface area contributed by atoms with Crippen LogP contribution in [-0.2, 0) is 9.53 Å². The fraction of sp³-hybridized carbons (Fsp3) is 0.588. The SMILES string of the molecule is COCCC(=O)N1CCN(C[C@H](O)COc2ccc(Cl)cc2)CC1. The summed E-state index contributed by atoms with van der Waals surface area (Å²) in [6, 6.07) is 7.06. The van der Waals surface area contributed by atoms with Gasteiger partial charge in [0.25, 0.3) is 0 Å². The maximum atomic E-state index is 11.9. The number of halogens is 1. The van der Waals surface area contributed by atoms with Gasteiger partial charge in [0.05, 0.1) is 13.0 Å². The molecule has 1 aliphatic rings. The standard InChI is InChI=1S/C17H25ClN2O4/c1-23-11-6-17(22)20-9-7-19(8-10-20)12-15(21)13-24-16-4-2-14(18)3-5-16/h2-5,15,21H,6-13H2,1H3/t15-/m0/s1. The number of aliphatic hydroxyl groups is 1. The fourth-order valence-corrected chi connectivity index (χ4v) is 2.73. The number of methoxy groups -OCH3 is 1. The van der Waals surface area contributed by atoms with Crippen LogP contribution in [0.1, 0.15) is 6.42 Å². The molecule has 1 saturated heterocycles. The second-order valence-corrected chi connectivity index (χ2v) is 6.28. The van der Waals surface area contributed by atoms with Crippen LogP contribution in [0, 0.1) is 0 Å². The molecule has 0 saturated carbocycles. The van der Waals surface area contributed by atoms with Gasteiger partial charge in [-0.3, -0.25) is 9.69 Å². The molecule has 1 aliphatic heterocycles. The van der Waals surface area contributed by atoms with Crippen molar-refractivity contribution in [3.63, 3.8) is 0 Å². The largest absolute Gasteiger partial charge is 0.491 e. The highest BCUT2D eigenvalue weighted by Gasteiger charge is 2.22. The van der Waals surface area contributed by atoms with Crippen molar-refractivity contribution in [1.82, 2.24) is 9.80 Å². The highest BCUT2D eigenvalue weighted by molar-refractivity contribution is 6.30. The van der Waals surface area contributed by atoms with E-state index in [9.17, 15) is 9.90 Å². The van der Waals surface area contributed by atoms with E-state index in [1.54, 1.807) is 31.4 Å². The number of aliphatic hydroxyl groups excluding tert-OH is 1. The lowest BCUT2D eigenvalue weighted by Crippen LogP contribution is -2.51. The molecule has 1 heterocycles. The van der Waals surface area contributed by atoms with Gasteiger partial charge < -0.3 is 19.5 Å². The van der Waals surface area contributed by atoms with Crippen molar-refractivity contribution in [2.24, 2.45) is 0 Å². The van der Waals surface area contributed by atoms with Gasteiger partial charge in [0, 0.05) is 44.9 Å². The van der Waals surface area contributed by atoms with Crippen molar-refractivity contribution in [2.75, 3.05) is 53.0 Å². The molecule has 0 bridgehead atoms. The predicted octanol–water partition coefficient (Wildman–Crippen LogP) is 1.26. The number of carbonyl (C=O) groups is 1. The van der Waals surface area contributed by atoms with E-state index in [2.05, 4.69) is 4.90 Å². The number of benzene rings is 1. The summed E-state index contributed by atoms with van der Waals surface area (Å²) in [6.45, 7) is 4.12. The van der Waals surface area contributed by atoms with Crippen LogP contribution < -0.4 is 4.74 Å². The lowest BCUT2D eigenvalue weighted by molar-refractivity contribution is -0.134. The van der Waals surface area contributed by atoms with Gasteiger partial charge in [-0.05, 0) is 24.3 Å². The summed E-state index contributed by atoms with van der Waals surface area (Å²) in [5, 5.41) is 10.8. The van der Waals surface area contributed by atoms with Gasteiger partial charge in [-0.1, -0.05) is 11.6 Å². The third kappa shape index (κ3) is 6.28. The average molecular weight is 357 g/mol. The normalized spacial score (nSPS) is 16.9. The van der Waals surface area contributed by atoms with Crippen molar-refractivity contribution in [1.29, 1.82) is 0 Å². The van der Waals surface area contributed by atoms with Gasteiger partial charge in [0.2, 0.25) is 5.91 Å². The lowest BCUT2D eigenvalue weighted by atomic mass is 10.2. The molecule has 7 heteroatoms. The summed E-state index contributed by atoms with van der Waals surface area (Å²) >= 11 is 5.82. The van der Waals surface area contributed by atoms with Crippen LogP contribution in [-0.4, -0.2) is 80.0 Å². The molecule has 1 N–H and O–H groups in total. The second kappa shape index (κ2) is 9.84. The fourth-order valence-electron chi connectivity index (χ4n) is 2.60. The van der Waals surface area contributed by atoms with E-state index in [-0.39, 0.29) is 12.5 Å². The minimum atomic E-state index is -0.573. The van der Waals surface area contributed by atoms with E-state index in [0.29, 0.717) is 43.4 Å². The summed E-state index contributed by atoms with van der Waals surface area (Å²) < 4.78 is 10.5. The smallest absolute Gasteiger partial charge is 0.224 e. The minimum Gasteiger partial charge on any atom is -0.491 e. The Morgan fingerprint density at radius 1 is 1.25 bits per heavy atom. The number of hydrogen-bond donors (Lipinski definition) is 1. The van der Waals surface area contributed by atoms with Crippen molar-refractivity contribution < 1.29 is 19.4 Å². The predicted molar refractivity (Wildman–Crippen MR) is 92.5 cm³/mol. The molecule has 1 fully saturated rings. The Balaban J connectivity index is 1.65. The third-order valence-electron chi connectivity index (χ3n) is 3.97. The highest BCUT2D eigenvalue weighted by Crippen LogP contribution is 2.15. The van der Waals surface area contributed by atoms with E-state index in [0.717, 1.165) is 13.1 Å². The van der Waals surface area contributed by atoms with Crippen molar-refractivity contribution in [3.8, 4) is 5.75 Å². The molecule has 24 heavy (non-hydrogen) atoms. The minimum absolute atomic E-state index is 0.128. The van der Waals surface area contributed by atoms with E-state index in [1.807, 2.05) is 4.90 Å². The van der Waals surface area contributed by atoms with Gasteiger partial charge in [0.1, 0.15) is 18.5 Å². The molecule has 0 radical (unpaired) electrons. The van der Waals surface area contributed by atoms with E-state index < -0.39 is 6.10 Å². The topological polar surface area (TPSA) is 62.2 Å². The van der Waals surface area contributed by atoms with Gasteiger partial charge >= 0.3 is 0 Å². The first-order valence-electron chi connectivity index (χ1n) is 8.14. The molecular formula is C17H25ClN2O4. The molecule has 0 unspecified atom stereocenters. The monoisotopic (exact) mass is 356 g/mol. The molecule has 1 atom stereocenters. The molecule has 0 spiro atoms. The zero-order valence-corrected chi connectivity index (χ0v) is 14.7. The Kier molecular flexibility index (Phi) is 7.78. The molecular weight excluding hydrogens is 332 g/mol. The number of ether oxygens (including phenoxy) is 2.